The van der Waals surface area contributed by atoms with Gasteiger partial charge in [0.25, 0.3) is 11.8 Å². The molecule has 4 rings (SSSR count). The summed E-state index contributed by atoms with van der Waals surface area (Å²) >= 11 is 1.34. The van der Waals surface area contributed by atoms with Crippen molar-refractivity contribution >= 4 is 40.5 Å². The average Bonchev–Trinajstić information content (AvgIpc) is 3.46. The number of esters is 1. The van der Waals surface area contributed by atoms with Crippen LogP contribution < -0.4 is 10.7 Å². The second-order valence-electron chi connectivity index (χ2n) is 7.21. The highest BCUT2D eigenvalue weighted by Crippen LogP contribution is 2.30. The minimum absolute atomic E-state index is 0.200. The lowest BCUT2D eigenvalue weighted by Gasteiger charge is -2.13. The van der Waals surface area contributed by atoms with E-state index in [4.69, 9.17) is 4.42 Å². The third kappa shape index (κ3) is 4.33. The van der Waals surface area contributed by atoms with E-state index in [0.29, 0.717) is 46.0 Å². The highest BCUT2D eigenvalue weighted by atomic mass is 32.1. The Balaban J connectivity index is 1.53. The molecule has 2 heterocycles. The predicted molar refractivity (Wildman–Crippen MR) is 120 cm³/mol. The fourth-order valence-electron chi connectivity index (χ4n) is 3.57. The lowest BCUT2D eigenvalue weighted by atomic mass is 9.93. The Morgan fingerprint density at radius 2 is 1.88 bits per heavy atom. The van der Waals surface area contributed by atoms with Crippen molar-refractivity contribution in [1.82, 2.24) is 5.43 Å². The number of methoxy groups -OCH3 is 1. The molecule has 2 amide bonds. The molecule has 0 bridgehead atoms. The van der Waals surface area contributed by atoms with Gasteiger partial charge in [0.15, 0.2) is 5.76 Å². The molecule has 0 unspecified atom stereocenters. The van der Waals surface area contributed by atoms with Gasteiger partial charge < -0.3 is 14.5 Å². The van der Waals surface area contributed by atoms with E-state index in [1.165, 1.54) is 18.4 Å². The fraction of sp³-hybridized carbons (Fsp3) is 0.217. The standard InChI is InChI=1S/C23H21N3O5S/c1-13-19-16(25-26-21(27)18-7-4-12-32-18)5-3-6-17(19)31-20(13)22(28)24-15-10-8-14(9-11-15)23(29)30-2/h4,7-12H,3,5-6H2,1-2H3,(H,24,28)(H,26,27)/b25-16+. The molecule has 0 spiro atoms. The largest absolute Gasteiger partial charge is 0.465 e. The lowest BCUT2D eigenvalue weighted by Crippen LogP contribution is -2.21. The molecule has 2 N–H and O–H groups in total. The smallest absolute Gasteiger partial charge is 0.337 e. The van der Waals surface area contributed by atoms with Crippen molar-refractivity contribution < 1.29 is 23.5 Å². The number of hydrogen-bond acceptors (Lipinski definition) is 7. The molecule has 1 aromatic carbocycles. The fourth-order valence-corrected chi connectivity index (χ4v) is 4.19. The van der Waals surface area contributed by atoms with E-state index in [-0.39, 0.29) is 11.7 Å². The Bertz CT molecular complexity index is 1190. The average molecular weight is 452 g/mol. The zero-order chi connectivity index (χ0) is 22.7. The number of nitrogens with one attached hydrogen (secondary N) is 2. The summed E-state index contributed by atoms with van der Waals surface area (Å²) in [5.74, 6) is -0.232. The molecule has 3 aromatic rings. The molecular weight excluding hydrogens is 430 g/mol. The van der Waals surface area contributed by atoms with Crippen molar-refractivity contribution in [3.8, 4) is 0 Å². The number of nitrogens with zero attached hydrogens (tertiary/aromatic N) is 1. The zero-order valence-corrected chi connectivity index (χ0v) is 18.4. The number of carbonyl (C=O) groups is 3. The first-order valence-electron chi connectivity index (χ1n) is 10.0. The minimum Gasteiger partial charge on any atom is -0.465 e. The molecule has 164 valence electrons. The van der Waals surface area contributed by atoms with Crippen molar-refractivity contribution in [3.63, 3.8) is 0 Å². The molecule has 32 heavy (non-hydrogen) atoms. The molecule has 1 aliphatic rings. The number of benzene rings is 1. The Morgan fingerprint density at radius 1 is 1.09 bits per heavy atom. The normalized spacial score (nSPS) is 14.0. The highest BCUT2D eigenvalue weighted by molar-refractivity contribution is 7.12. The first kappa shape index (κ1) is 21.5. The SMILES string of the molecule is COC(=O)c1ccc(NC(=O)c2oc3c(c2C)/C(=N/NC(=O)c2cccs2)CCC3)cc1. The van der Waals surface area contributed by atoms with Crippen LogP contribution in [0.5, 0.6) is 0 Å². The maximum Gasteiger partial charge on any atom is 0.337 e. The van der Waals surface area contributed by atoms with Gasteiger partial charge in [-0.25, -0.2) is 10.2 Å². The summed E-state index contributed by atoms with van der Waals surface area (Å²) in [6.45, 7) is 1.81. The molecular formula is C23H21N3O5S. The second kappa shape index (κ2) is 9.19. The third-order valence-corrected chi connectivity index (χ3v) is 6.00. The monoisotopic (exact) mass is 451 g/mol. The first-order valence-corrected chi connectivity index (χ1v) is 10.9. The summed E-state index contributed by atoms with van der Waals surface area (Å²) in [7, 11) is 1.31. The van der Waals surface area contributed by atoms with Gasteiger partial charge >= 0.3 is 5.97 Å². The molecule has 1 aliphatic carbocycles. The van der Waals surface area contributed by atoms with E-state index in [1.54, 1.807) is 43.3 Å². The van der Waals surface area contributed by atoms with Crippen LogP contribution in [0.25, 0.3) is 0 Å². The number of fused-ring (bicyclic) bond motifs is 1. The quantitative estimate of drug-likeness (QED) is 0.447. The van der Waals surface area contributed by atoms with E-state index >= 15 is 0 Å². The second-order valence-corrected chi connectivity index (χ2v) is 8.16. The number of hydrogen-bond donors (Lipinski definition) is 2. The first-order chi connectivity index (χ1) is 15.5. The summed E-state index contributed by atoms with van der Waals surface area (Å²) < 4.78 is 10.6. The Morgan fingerprint density at radius 3 is 2.56 bits per heavy atom. The van der Waals surface area contributed by atoms with Crippen LogP contribution in [0.2, 0.25) is 0 Å². The van der Waals surface area contributed by atoms with Gasteiger partial charge in [0.05, 0.1) is 23.3 Å². The maximum atomic E-state index is 12.9. The summed E-state index contributed by atoms with van der Waals surface area (Å²) in [6.07, 6.45) is 2.17. The van der Waals surface area contributed by atoms with Crippen LogP contribution in [-0.4, -0.2) is 30.6 Å². The van der Waals surface area contributed by atoms with Crippen molar-refractivity contribution in [1.29, 1.82) is 0 Å². The van der Waals surface area contributed by atoms with E-state index in [0.717, 1.165) is 12.0 Å². The molecule has 0 saturated heterocycles. The van der Waals surface area contributed by atoms with Crippen LogP contribution in [-0.2, 0) is 11.2 Å². The van der Waals surface area contributed by atoms with E-state index in [1.807, 2.05) is 5.38 Å². The van der Waals surface area contributed by atoms with Crippen LogP contribution >= 0.6 is 11.3 Å². The van der Waals surface area contributed by atoms with Gasteiger partial charge in [-0.2, -0.15) is 5.10 Å². The maximum absolute atomic E-state index is 12.9. The number of thiophene rings is 1. The van der Waals surface area contributed by atoms with Gasteiger partial charge in [0.1, 0.15) is 5.76 Å². The zero-order valence-electron chi connectivity index (χ0n) is 17.6. The summed E-state index contributed by atoms with van der Waals surface area (Å²) in [5, 5.41) is 8.93. The number of amides is 2. The third-order valence-electron chi connectivity index (χ3n) is 5.13. The van der Waals surface area contributed by atoms with Gasteiger partial charge in [-0.3, -0.25) is 9.59 Å². The molecule has 9 heteroatoms. The number of ether oxygens (including phenoxy) is 1. The van der Waals surface area contributed by atoms with E-state index in [9.17, 15) is 14.4 Å². The summed E-state index contributed by atoms with van der Waals surface area (Å²) in [6, 6.07) is 9.92. The van der Waals surface area contributed by atoms with Gasteiger partial charge in [-0.05, 0) is 55.5 Å². The summed E-state index contributed by atoms with van der Waals surface area (Å²) in [4.78, 5) is 37.2. The molecule has 8 nitrogen and oxygen atoms in total. The lowest BCUT2D eigenvalue weighted by molar-refractivity contribution is 0.0600. The number of hydrazone groups is 1. The summed E-state index contributed by atoms with van der Waals surface area (Å²) in [5.41, 5.74) is 5.65. The Hall–Kier alpha value is -3.72. The molecule has 2 aromatic heterocycles. The van der Waals surface area contributed by atoms with E-state index < -0.39 is 11.9 Å². The van der Waals surface area contributed by atoms with Crippen LogP contribution in [0, 0.1) is 6.92 Å². The molecule has 0 radical (unpaired) electrons. The number of aryl methyl sites for hydroxylation is 1. The van der Waals surface area contributed by atoms with Gasteiger partial charge in [0, 0.05) is 23.2 Å². The Kier molecular flexibility index (Phi) is 6.18. The number of anilines is 1. The van der Waals surface area contributed by atoms with Crippen molar-refractivity contribution in [2.24, 2.45) is 5.10 Å². The van der Waals surface area contributed by atoms with Crippen LogP contribution in [0.4, 0.5) is 5.69 Å². The minimum atomic E-state index is -0.449. The number of rotatable bonds is 5. The van der Waals surface area contributed by atoms with Gasteiger partial charge in [-0.15, -0.1) is 11.3 Å². The molecule has 0 saturated carbocycles. The van der Waals surface area contributed by atoms with Crippen LogP contribution in [0.1, 0.15) is 60.3 Å². The predicted octanol–water partition coefficient (Wildman–Crippen LogP) is 4.16. The van der Waals surface area contributed by atoms with Crippen molar-refractivity contribution in [3.05, 3.63) is 74.9 Å². The number of furan rings is 1. The molecule has 0 atom stereocenters. The number of carbonyl (C=O) groups excluding carboxylic acids is 3. The van der Waals surface area contributed by atoms with Crippen LogP contribution in [0.15, 0.2) is 51.3 Å². The van der Waals surface area contributed by atoms with Gasteiger partial charge in [-0.1, -0.05) is 6.07 Å². The molecule has 0 aliphatic heterocycles. The van der Waals surface area contributed by atoms with Crippen molar-refractivity contribution in [2.45, 2.75) is 26.2 Å². The molecule has 0 fully saturated rings. The van der Waals surface area contributed by atoms with Gasteiger partial charge in [0.2, 0.25) is 0 Å². The highest BCUT2D eigenvalue weighted by Gasteiger charge is 2.28. The van der Waals surface area contributed by atoms with Crippen molar-refractivity contribution in [2.75, 3.05) is 12.4 Å². The Labute approximate surface area is 188 Å². The van der Waals surface area contributed by atoms with Crippen LogP contribution in [0.3, 0.4) is 0 Å². The van der Waals surface area contributed by atoms with E-state index in [2.05, 4.69) is 20.6 Å². The topological polar surface area (TPSA) is 110 Å².